The van der Waals surface area contributed by atoms with E-state index in [0.29, 0.717) is 9.89 Å². The van der Waals surface area contributed by atoms with Crippen molar-refractivity contribution in [1.82, 2.24) is 0 Å². The molecule has 104 valence electrons. The van der Waals surface area contributed by atoms with E-state index in [9.17, 15) is 8.78 Å². The Labute approximate surface area is 120 Å². The maximum atomic E-state index is 13.9. The second-order valence-electron chi connectivity index (χ2n) is 5.90. The Kier molecular flexibility index (Phi) is 3.54. The summed E-state index contributed by atoms with van der Waals surface area (Å²) in [6.07, 6.45) is 8.43. The summed E-state index contributed by atoms with van der Waals surface area (Å²) in [4.78, 5) is 0. The molecule has 1 aromatic rings. The molecule has 2 aliphatic rings. The lowest BCUT2D eigenvalue weighted by Crippen LogP contribution is -2.50. The molecule has 0 radical (unpaired) electrons. The first kappa shape index (κ1) is 13.3. The molecule has 3 rings (SSSR count). The molecule has 0 saturated heterocycles. The van der Waals surface area contributed by atoms with Crippen LogP contribution in [0, 0.1) is 17.0 Å². The van der Waals surface area contributed by atoms with E-state index in [-0.39, 0.29) is 11.7 Å². The quantitative estimate of drug-likeness (QED) is 0.781. The molecule has 1 spiro atoms. The van der Waals surface area contributed by atoms with Gasteiger partial charge >= 0.3 is 0 Å². The van der Waals surface area contributed by atoms with Gasteiger partial charge in [0.25, 0.3) is 0 Å². The van der Waals surface area contributed by atoms with Gasteiger partial charge in [-0.05, 0) is 43.2 Å². The lowest BCUT2D eigenvalue weighted by molar-refractivity contribution is 0.0568. The molecule has 0 bridgehead atoms. The van der Waals surface area contributed by atoms with E-state index < -0.39 is 11.6 Å². The molecule has 4 heteroatoms. The highest BCUT2D eigenvalue weighted by molar-refractivity contribution is 9.10. The average molecular weight is 330 g/mol. The predicted octanol–water partition coefficient (Wildman–Crippen LogP) is 5.25. The summed E-state index contributed by atoms with van der Waals surface area (Å²) < 4.78 is 28.1. The molecule has 1 N–H and O–H groups in total. The number of anilines is 1. The number of rotatable bonds is 2. The first-order valence-electron chi connectivity index (χ1n) is 7.02. The maximum absolute atomic E-state index is 13.9. The molecule has 1 nitrogen and oxygen atoms in total. The van der Waals surface area contributed by atoms with Crippen LogP contribution in [0.5, 0.6) is 0 Å². The number of nitrogens with one attached hydrogen (secondary N) is 1. The zero-order valence-electron chi connectivity index (χ0n) is 10.8. The van der Waals surface area contributed by atoms with Crippen LogP contribution in [-0.2, 0) is 0 Å². The fraction of sp³-hybridized carbons (Fsp3) is 0.600. The lowest BCUT2D eigenvalue weighted by Gasteiger charge is -2.52. The van der Waals surface area contributed by atoms with Gasteiger partial charge in [0.05, 0.1) is 0 Å². The smallest absolute Gasteiger partial charge is 0.150 e. The highest BCUT2D eigenvalue weighted by atomic mass is 79.9. The summed E-state index contributed by atoms with van der Waals surface area (Å²) >= 11 is 3.11. The second kappa shape index (κ2) is 5.04. The van der Waals surface area contributed by atoms with Gasteiger partial charge in [0, 0.05) is 10.5 Å². The van der Waals surface area contributed by atoms with Gasteiger partial charge in [-0.15, -0.1) is 0 Å². The third-order valence-electron chi connectivity index (χ3n) is 4.84. The molecular weight excluding hydrogens is 312 g/mol. The van der Waals surface area contributed by atoms with Crippen LogP contribution in [0.3, 0.4) is 0 Å². The maximum Gasteiger partial charge on any atom is 0.150 e. The van der Waals surface area contributed by atoms with E-state index in [0.717, 1.165) is 6.42 Å². The van der Waals surface area contributed by atoms with Gasteiger partial charge in [0.15, 0.2) is 0 Å². The minimum atomic E-state index is -0.510. The van der Waals surface area contributed by atoms with Crippen molar-refractivity contribution in [2.24, 2.45) is 5.41 Å². The van der Waals surface area contributed by atoms with Gasteiger partial charge in [-0.25, -0.2) is 8.78 Å². The Morgan fingerprint density at radius 1 is 1.05 bits per heavy atom. The van der Waals surface area contributed by atoms with Crippen molar-refractivity contribution in [3.63, 3.8) is 0 Å². The highest BCUT2D eigenvalue weighted by Crippen LogP contribution is 2.52. The van der Waals surface area contributed by atoms with Gasteiger partial charge in [0.1, 0.15) is 17.3 Å². The summed E-state index contributed by atoms with van der Waals surface area (Å²) in [5, 5.41) is 3.13. The third kappa shape index (κ3) is 2.39. The number of hydrogen-bond donors (Lipinski definition) is 1. The van der Waals surface area contributed by atoms with E-state index in [1.165, 1.54) is 50.7 Å². The number of halogens is 3. The molecule has 2 saturated carbocycles. The van der Waals surface area contributed by atoms with Crippen molar-refractivity contribution in [2.45, 2.75) is 51.0 Å². The molecule has 0 aliphatic heterocycles. The van der Waals surface area contributed by atoms with E-state index in [4.69, 9.17) is 0 Å². The molecule has 2 fully saturated rings. The van der Waals surface area contributed by atoms with E-state index >= 15 is 0 Å². The lowest BCUT2D eigenvalue weighted by atomic mass is 9.57. The van der Waals surface area contributed by atoms with Crippen LogP contribution in [0.4, 0.5) is 14.5 Å². The first-order chi connectivity index (χ1) is 9.11. The van der Waals surface area contributed by atoms with Gasteiger partial charge in [-0.2, -0.15) is 0 Å². The van der Waals surface area contributed by atoms with Crippen LogP contribution in [-0.4, -0.2) is 6.04 Å². The summed E-state index contributed by atoms with van der Waals surface area (Å²) in [6.45, 7) is 0. The van der Waals surface area contributed by atoms with E-state index in [1.54, 1.807) is 0 Å². The second-order valence-corrected chi connectivity index (χ2v) is 6.82. The van der Waals surface area contributed by atoms with Gasteiger partial charge < -0.3 is 5.32 Å². The van der Waals surface area contributed by atoms with Crippen LogP contribution in [0.25, 0.3) is 0 Å². The molecule has 1 unspecified atom stereocenters. The number of hydrogen-bond acceptors (Lipinski definition) is 1. The Bertz CT molecular complexity index is 460. The normalized spacial score (nSPS) is 25.1. The zero-order chi connectivity index (χ0) is 13.5. The van der Waals surface area contributed by atoms with Crippen molar-refractivity contribution in [3.8, 4) is 0 Å². The molecular formula is C15H18BrF2N. The summed E-state index contributed by atoms with van der Waals surface area (Å²) in [5.41, 5.74) is 0.336. The average Bonchev–Trinajstić information content (AvgIpc) is 2.37. The first-order valence-corrected chi connectivity index (χ1v) is 7.81. The van der Waals surface area contributed by atoms with Crippen molar-refractivity contribution >= 4 is 21.6 Å². The van der Waals surface area contributed by atoms with Gasteiger partial charge in [0.2, 0.25) is 0 Å². The van der Waals surface area contributed by atoms with E-state index in [2.05, 4.69) is 21.2 Å². The predicted molar refractivity (Wildman–Crippen MR) is 76.2 cm³/mol. The molecule has 1 aromatic carbocycles. The minimum absolute atomic E-state index is 0.0397. The Morgan fingerprint density at radius 3 is 2.21 bits per heavy atom. The Balaban J connectivity index is 1.79. The van der Waals surface area contributed by atoms with Crippen molar-refractivity contribution in [1.29, 1.82) is 0 Å². The molecule has 0 heterocycles. The van der Waals surface area contributed by atoms with E-state index in [1.807, 2.05) is 0 Å². The summed E-state index contributed by atoms with van der Waals surface area (Å²) in [6, 6.07) is 2.87. The Hall–Kier alpha value is -0.640. The fourth-order valence-corrected chi connectivity index (χ4v) is 4.03. The van der Waals surface area contributed by atoms with Crippen LogP contribution in [0.2, 0.25) is 0 Å². The van der Waals surface area contributed by atoms with Gasteiger partial charge in [-0.1, -0.05) is 35.2 Å². The largest absolute Gasteiger partial charge is 0.377 e. The zero-order valence-corrected chi connectivity index (χ0v) is 12.4. The van der Waals surface area contributed by atoms with Crippen LogP contribution in [0.15, 0.2) is 16.6 Å². The van der Waals surface area contributed by atoms with Crippen LogP contribution in [0.1, 0.15) is 44.9 Å². The Morgan fingerprint density at radius 2 is 1.68 bits per heavy atom. The minimum Gasteiger partial charge on any atom is -0.377 e. The molecule has 2 aliphatic carbocycles. The fourth-order valence-electron chi connectivity index (χ4n) is 3.63. The summed E-state index contributed by atoms with van der Waals surface area (Å²) in [7, 11) is 0. The van der Waals surface area contributed by atoms with Crippen molar-refractivity contribution < 1.29 is 8.78 Å². The molecule has 1 atom stereocenters. The van der Waals surface area contributed by atoms with Crippen molar-refractivity contribution in [2.75, 3.05) is 5.32 Å². The standard InChI is InChI=1S/C15H18BrF2N/c16-10-8-11(17)14(12(18)9-10)19-13-4-7-15(13)5-2-1-3-6-15/h8-9,13,19H,1-7H2. The van der Waals surface area contributed by atoms with Crippen LogP contribution >= 0.6 is 15.9 Å². The van der Waals surface area contributed by atoms with Gasteiger partial charge in [-0.3, -0.25) is 0 Å². The molecule has 0 aromatic heterocycles. The van der Waals surface area contributed by atoms with Crippen LogP contribution < -0.4 is 5.32 Å². The monoisotopic (exact) mass is 329 g/mol. The number of benzene rings is 1. The van der Waals surface area contributed by atoms with Crippen molar-refractivity contribution in [3.05, 3.63) is 28.2 Å². The SMILES string of the molecule is Fc1cc(Br)cc(F)c1NC1CCC12CCCCC2. The molecule has 0 amide bonds. The highest BCUT2D eigenvalue weighted by Gasteiger charge is 2.47. The third-order valence-corrected chi connectivity index (χ3v) is 5.30. The molecule has 19 heavy (non-hydrogen) atoms. The topological polar surface area (TPSA) is 12.0 Å². The summed E-state index contributed by atoms with van der Waals surface area (Å²) in [5.74, 6) is -1.02.